The average molecular weight is 234 g/mol. The van der Waals surface area contributed by atoms with Gasteiger partial charge in [0.2, 0.25) is 0 Å². The number of nitrogens with zero attached hydrogens (tertiary/aromatic N) is 1. The fourth-order valence-corrected chi connectivity index (χ4v) is 2.25. The molecule has 1 aromatic carbocycles. The van der Waals surface area contributed by atoms with E-state index >= 15 is 0 Å². The van der Waals surface area contributed by atoms with Gasteiger partial charge < -0.3 is 15.0 Å². The molecule has 3 heteroatoms. The SMILES string of the molecule is CN(C)c1ccccc1NC1CCCOCC1. The van der Waals surface area contributed by atoms with Gasteiger partial charge in [0.05, 0.1) is 11.4 Å². The highest BCUT2D eigenvalue weighted by Crippen LogP contribution is 2.25. The van der Waals surface area contributed by atoms with Gasteiger partial charge in [-0.25, -0.2) is 0 Å². The number of rotatable bonds is 3. The lowest BCUT2D eigenvalue weighted by molar-refractivity contribution is 0.144. The van der Waals surface area contributed by atoms with Crippen molar-refractivity contribution in [3.63, 3.8) is 0 Å². The van der Waals surface area contributed by atoms with E-state index in [1.165, 1.54) is 17.8 Å². The second-order valence-corrected chi connectivity index (χ2v) is 4.80. The molecule has 0 bridgehead atoms. The van der Waals surface area contributed by atoms with Gasteiger partial charge in [-0.1, -0.05) is 12.1 Å². The molecule has 94 valence electrons. The van der Waals surface area contributed by atoms with Gasteiger partial charge >= 0.3 is 0 Å². The molecule has 17 heavy (non-hydrogen) atoms. The predicted molar refractivity (Wildman–Crippen MR) is 72.8 cm³/mol. The van der Waals surface area contributed by atoms with Gasteiger partial charge in [-0.2, -0.15) is 0 Å². The number of para-hydroxylation sites is 2. The number of nitrogens with one attached hydrogen (secondary N) is 1. The van der Waals surface area contributed by atoms with Crippen LogP contribution < -0.4 is 10.2 Å². The second kappa shape index (κ2) is 5.92. The molecule has 1 heterocycles. The topological polar surface area (TPSA) is 24.5 Å². The number of benzene rings is 1. The van der Waals surface area contributed by atoms with Crippen LogP contribution in [-0.2, 0) is 4.74 Å². The highest BCUT2D eigenvalue weighted by Gasteiger charge is 2.13. The fourth-order valence-electron chi connectivity index (χ4n) is 2.25. The first-order valence-corrected chi connectivity index (χ1v) is 6.38. The molecule has 0 radical (unpaired) electrons. The molecular weight excluding hydrogens is 212 g/mol. The Kier molecular flexibility index (Phi) is 4.26. The first-order valence-electron chi connectivity index (χ1n) is 6.38. The summed E-state index contributed by atoms with van der Waals surface area (Å²) in [6, 6.07) is 9.01. The molecule has 0 spiro atoms. The van der Waals surface area contributed by atoms with Crippen LogP contribution in [-0.4, -0.2) is 33.4 Å². The first-order chi connectivity index (χ1) is 8.27. The minimum Gasteiger partial charge on any atom is -0.381 e. The molecule has 0 aliphatic carbocycles. The summed E-state index contributed by atoms with van der Waals surface area (Å²) in [7, 11) is 4.16. The van der Waals surface area contributed by atoms with Gasteiger partial charge in [-0.3, -0.25) is 0 Å². The quantitative estimate of drug-likeness (QED) is 0.870. The Morgan fingerprint density at radius 1 is 1.18 bits per heavy atom. The molecule has 3 nitrogen and oxygen atoms in total. The molecule has 1 fully saturated rings. The van der Waals surface area contributed by atoms with Gasteiger partial charge in [0.25, 0.3) is 0 Å². The van der Waals surface area contributed by atoms with E-state index in [0.717, 1.165) is 26.1 Å². The standard InChI is InChI=1S/C14H22N2O/c1-16(2)14-8-4-3-7-13(14)15-12-6-5-10-17-11-9-12/h3-4,7-8,12,15H,5-6,9-11H2,1-2H3. The highest BCUT2D eigenvalue weighted by atomic mass is 16.5. The van der Waals surface area contributed by atoms with Crippen LogP contribution in [0, 0.1) is 0 Å². The van der Waals surface area contributed by atoms with Gasteiger partial charge in [-0.05, 0) is 31.4 Å². The van der Waals surface area contributed by atoms with Gasteiger partial charge in [0.1, 0.15) is 0 Å². The van der Waals surface area contributed by atoms with Crippen LogP contribution in [0.4, 0.5) is 11.4 Å². The highest BCUT2D eigenvalue weighted by molar-refractivity contribution is 5.69. The summed E-state index contributed by atoms with van der Waals surface area (Å²) < 4.78 is 5.49. The van der Waals surface area contributed by atoms with Crippen LogP contribution in [0.3, 0.4) is 0 Å². The molecule has 1 aromatic rings. The Hall–Kier alpha value is -1.22. The van der Waals surface area contributed by atoms with Crippen LogP contribution in [0.25, 0.3) is 0 Å². The first kappa shape index (κ1) is 12.2. The summed E-state index contributed by atoms with van der Waals surface area (Å²) in [5, 5.41) is 3.65. The third-order valence-electron chi connectivity index (χ3n) is 3.20. The van der Waals surface area contributed by atoms with E-state index in [-0.39, 0.29) is 0 Å². The lowest BCUT2D eigenvalue weighted by atomic mass is 10.1. The maximum absolute atomic E-state index is 5.49. The molecule has 0 aromatic heterocycles. The number of hydrogen-bond acceptors (Lipinski definition) is 3. The molecular formula is C14H22N2O. The van der Waals surface area contributed by atoms with Crippen LogP contribution in [0.1, 0.15) is 19.3 Å². The molecule has 1 unspecified atom stereocenters. The molecule has 1 atom stereocenters. The normalized spacial score (nSPS) is 20.7. The van der Waals surface area contributed by atoms with Crippen LogP contribution in [0.2, 0.25) is 0 Å². The Morgan fingerprint density at radius 3 is 2.82 bits per heavy atom. The van der Waals surface area contributed by atoms with E-state index in [1.807, 2.05) is 0 Å². The Morgan fingerprint density at radius 2 is 2.00 bits per heavy atom. The molecule has 0 amide bonds. The number of anilines is 2. The van der Waals surface area contributed by atoms with E-state index in [9.17, 15) is 0 Å². The van der Waals surface area contributed by atoms with Gasteiger partial charge in [0, 0.05) is 33.4 Å². The Bertz CT molecular complexity index is 344. The van der Waals surface area contributed by atoms with Crippen molar-refractivity contribution in [1.29, 1.82) is 0 Å². The van der Waals surface area contributed by atoms with Crippen molar-refractivity contribution in [1.82, 2.24) is 0 Å². The predicted octanol–water partition coefficient (Wildman–Crippen LogP) is 2.73. The van der Waals surface area contributed by atoms with Crippen LogP contribution in [0.5, 0.6) is 0 Å². The largest absolute Gasteiger partial charge is 0.381 e. The maximum atomic E-state index is 5.49. The van der Waals surface area contributed by atoms with Crippen molar-refractivity contribution in [3.8, 4) is 0 Å². The van der Waals surface area contributed by atoms with Crippen LogP contribution in [0.15, 0.2) is 24.3 Å². The molecule has 0 saturated carbocycles. The summed E-state index contributed by atoms with van der Waals surface area (Å²) in [6.45, 7) is 1.79. The molecule has 2 rings (SSSR count). The zero-order chi connectivity index (χ0) is 12.1. The van der Waals surface area contributed by atoms with E-state index < -0.39 is 0 Å². The van der Waals surface area contributed by atoms with Gasteiger partial charge in [-0.15, -0.1) is 0 Å². The summed E-state index contributed by atoms with van der Waals surface area (Å²) in [4.78, 5) is 2.15. The summed E-state index contributed by atoms with van der Waals surface area (Å²) >= 11 is 0. The monoisotopic (exact) mass is 234 g/mol. The molecule has 1 saturated heterocycles. The fraction of sp³-hybridized carbons (Fsp3) is 0.571. The third-order valence-corrected chi connectivity index (χ3v) is 3.20. The second-order valence-electron chi connectivity index (χ2n) is 4.80. The molecule has 1 N–H and O–H groups in total. The van der Waals surface area contributed by atoms with Crippen molar-refractivity contribution in [2.75, 3.05) is 37.5 Å². The number of hydrogen-bond donors (Lipinski definition) is 1. The van der Waals surface area contributed by atoms with Gasteiger partial charge in [0.15, 0.2) is 0 Å². The van der Waals surface area contributed by atoms with E-state index in [1.54, 1.807) is 0 Å². The summed E-state index contributed by atoms with van der Waals surface area (Å²) in [5.74, 6) is 0. The van der Waals surface area contributed by atoms with E-state index in [0.29, 0.717) is 6.04 Å². The smallest absolute Gasteiger partial charge is 0.0596 e. The van der Waals surface area contributed by atoms with Crippen LogP contribution >= 0.6 is 0 Å². The number of ether oxygens (including phenoxy) is 1. The molecule has 1 aliphatic rings. The maximum Gasteiger partial charge on any atom is 0.0596 e. The lowest BCUT2D eigenvalue weighted by Crippen LogP contribution is -2.21. The average Bonchev–Trinajstić information content (AvgIpc) is 2.58. The lowest BCUT2D eigenvalue weighted by Gasteiger charge is -2.23. The third kappa shape index (κ3) is 3.37. The minimum atomic E-state index is 0.540. The zero-order valence-corrected chi connectivity index (χ0v) is 10.8. The van der Waals surface area contributed by atoms with Crippen molar-refractivity contribution in [2.24, 2.45) is 0 Å². The Balaban J connectivity index is 2.06. The molecule has 1 aliphatic heterocycles. The summed E-state index contributed by atoms with van der Waals surface area (Å²) in [5.41, 5.74) is 2.47. The van der Waals surface area contributed by atoms with Crippen molar-refractivity contribution < 1.29 is 4.74 Å². The van der Waals surface area contributed by atoms with Crippen molar-refractivity contribution in [2.45, 2.75) is 25.3 Å². The Labute approximate surface area is 104 Å². The van der Waals surface area contributed by atoms with E-state index in [4.69, 9.17) is 4.74 Å². The van der Waals surface area contributed by atoms with E-state index in [2.05, 4.69) is 48.6 Å². The van der Waals surface area contributed by atoms with Crippen molar-refractivity contribution in [3.05, 3.63) is 24.3 Å². The zero-order valence-electron chi connectivity index (χ0n) is 10.8. The minimum absolute atomic E-state index is 0.540. The van der Waals surface area contributed by atoms with Crippen molar-refractivity contribution >= 4 is 11.4 Å². The summed E-state index contributed by atoms with van der Waals surface area (Å²) in [6.07, 6.45) is 3.45.